The van der Waals surface area contributed by atoms with E-state index in [1.165, 1.54) is 12.4 Å². The predicted molar refractivity (Wildman–Crippen MR) is 118 cm³/mol. The van der Waals surface area contributed by atoms with Crippen LogP contribution in [0.2, 0.25) is 0 Å². The van der Waals surface area contributed by atoms with Gasteiger partial charge >= 0.3 is 6.09 Å². The molecular formula is C22H27N5O4. The minimum absolute atomic E-state index is 0.248. The highest BCUT2D eigenvalue weighted by atomic mass is 16.6. The molecule has 1 heterocycles. The van der Waals surface area contributed by atoms with E-state index in [2.05, 4.69) is 20.9 Å². The monoisotopic (exact) mass is 425 g/mol. The number of nitrogens with one attached hydrogen (secondary N) is 3. The van der Waals surface area contributed by atoms with Crippen LogP contribution in [0.5, 0.6) is 0 Å². The molecule has 0 fully saturated rings. The normalized spacial score (nSPS) is 12.6. The number of aromatic nitrogens is 1. The molecule has 164 valence electrons. The summed E-state index contributed by atoms with van der Waals surface area (Å²) in [6.45, 7) is 6.81. The molecule has 0 radical (unpaired) electrons. The number of benzene rings is 1. The van der Waals surface area contributed by atoms with E-state index in [1.807, 2.05) is 0 Å². The van der Waals surface area contributed by atoms with Crippen molar-refractivity contribution in [2.45, 2.75) is 26.4 Å². The second-order valence-corrected chi connectivity index (χ2v) is 8.06. The van der Waals surface area contributed by atoms with Crippen LogP contribution in [0.3, 0.4) is 0 Å². The number of rotatable bonds is 7. The van der Waals surface area contributed by atoms with E-state index in [4.69, 9.17) is 10.5 Å². The second kappa shape index (κ2) is 9.13. The van der Waals surface area contributed by atoms with Crippen molar-refractivity contribution in [1.29, 1.82) is 0 Å². The molecule has 1 aromatic carbocycles. The first-order chi connectivity index (χ1) is 14.7. The summed E-state index contributed by atoms with van der Waals surface area (Å²) in [6, 6.07) is 5.03. The zero-order valence-corrected chi connectivity index (χ0v) is 17.9. The fourth-order valence-corrected chi connectivity index (χ4v) is 3.29. The van der Waals surface area contributed by atoms with Crippen LogP contribution in [0.15, 0.2) is 30.6 Å². The molecule has 0 unspecified atom stereocenters. The van der Waals surface area contributed by atoms with Crippen LogP contribution in [-0.4, -0.2) is 54.4 Å². The van der Waals surface area contributed by atoms with Crippen LogP contribution >= 0.6 is 0 Å². The number of pyridine rings is 1. The Balaban J connectivity index is 1.83. The van der Waals surface area contributed by atoms with Gasteiger partial charge in [0.2, 0.25) is 0 Å². The van der Waals surface area contributed by atoms with Gasteiger partial charge in [-0.25, -0.2) is 4.79 Å². The lowest BCUT2D eigenvalue weighted by molar-refractivity contribution is 0.0529. The van der Waals surface area contributed by atoms with E-state index in [1.54, 1.807) is 39.0 Å². The summed E-state index contributed by atoms with van der Waals surface area (Å²) in [5.74, 6) is -0.529. The number of amides is 1. The highest BCUT2D eigenvalue weighted by Crippen LogP contribution is 2.36. The molecule has 0 bridgehead atoms. The number of fused-ring (bicyclic) bond motifs is 2. The molecule has 5 N–H and O–H groups in total. The number of hydrogen-bond donors (Lipinski definition) is 4. The van der Waals surface area contributed by atoms with Gasteiger partial charge in [0, 0.05) is 55.5 Å². The van der Waals surface area contributed by atoms with Gasteiger partial charge in [0.05, 0.1) is 16.7 Å². The number of nitrogens with two attached hydrogens (primary N) is 1. The van der Waals surface area contributed by atoms with Crippen molar-refractivity contribution >= 4 is 29.0 Å². The lowest BCUT2D eigenvalue weighted by Crippen LogP contribution is -2.35. The maximum atomic E-state index is 13.2. The first-order valence-corrected chi connectivity index (χ1v) is 10.1. The van der Waals surface area contributed by atoms with Crippen LogP contribution in [0.25, 0.3) is 0 Å². The summed E-state index contributed by atoms with van der Waals surface area (Å²) in [4.78, 5) is 42.2. The van der Waals surface area contributed by atoms with Gasteiger partial charge < -0.3 is 26.4 Å². The maximum absolute atomic E-state index is 13.2. The van der Waals surface area contributed by atoms with Gasteiger partial charge in [0.1, 0.15) is 5.60 Å². The number of ether oxygens (including phenoxy) is 1. The van der Waals surface area contributed by atoms with E-state index in [0.29, 0.717) is 42.1 Å². The van der Waals surface area contributed by atoms with E-state index >= 15 is 0 Å². The fourth-order valence-electron chi connectivity index (χ4n) is 3.29. The standard InChI is InChI=1S/C22H27N5O4/c1-22(2,3)31-21(30)27-11-10-26-16-5-4-15(25-9-7-23)17-18(16)20(29)14-12-24-8-6-13(14)19(17)28/h4-6,8,12,25-26H,7,9-11,23H2,1-3H3,(H,27,30). The van der Waals surface area contributed by atoms with Gasteiger partial charge in [-0.3, -0.25) is 14.6 Å². The van der Waals surface area contributed by atoms with Crippen LogP contribution in [0, 0.1) is 0 Å². The van der Waals surface area contributed by atoms with Crippen molar-refractivity contribution in [3.8, 4) is 0 Å². The molecule has 0 atom stereocenters. The zero-order chi connectivity index (χ0) is 22.6. The Hall–Kier alpha value is -3.46. The number of carbonyl (C=O) groups is 3. The molecule has 1 aliphatic carbocycles. The van der Waals surface area contributed by atoms with Crippen molar-refractivity contribution < 1.29 is 19.1 Å². The number of alkyl carbamates (subject to hydrolysis) is 1. The lowest BCUT2D eigenvalue weighted by atomic mass is 9.83. The van der Waals surface area contributed by atoms with E-state index in [0.717, 1.165) is 0 Å². The molecule has 0 saturated heterocycles. The molecule has 1 aliphatic rings. The van der Waals surface area contributed by atoms with Crippen molar-refractivity contribution in [3.05, 3.63) is 52.8 Å². The predicted octanol–water partition coefficient (Wildman–Crippen LogP) is 2.16. The average Bonchev–Trinajstić information content (AvgIpc) is 2.72. The highest BCUT2D eigenvalue weighted by molar-refractivity contribution is 6.31. The molecule has 2 aromatic rings. The second-order valence-electron chi connectivity index (χ2n) is 8.06. The summed E-state index contributed by atoms with van der Waals surface area (Å²) in [6.07, 6.45) is 2.38. The highest BCUT2D eigenvalue weighted by Gasteiger charge is 2.34. The van der Waals surface area contributed by atoms with Crippen molar-refractivity contribution in [2.75, 3.05) is 36.8 Å². The zero-order valence-electron chi connectivity index (χ0n) is 17.9. The van der Waals surface area contributed by atoms with Gasteiger partial charge in [-0.2, -0.15) is 0 Å². The van der Waals surface area contributed by atoms with Gasteiger partial charge in [-0.05, 0) is 39.0 Å². The molecule has 0 saturated carbocycles. The van der Waals surface area contributed by atoms with Gasteiger partial charge in [-0.1, -0.05) is 0 Å². The third kappa shape index (κ3) is 5.00. The fraction of sp³-hybridized carbons (Fsp3) is 0.364. The Bertz CT molecular complexity index is 1010. The Morgan fingerprint density at radius 1 is 0.968 bits per heavy atom. The Kier molecular flexibility index (Phi) is 6.55. The van der Waals surface area contributed by atoms with Gasteiger partial charge in [0.25, 0.3) is 0 Å². The molecule has 1 amide bonds. The molecular weight excluding hydrogens is 398 g/mol. The van der Waals surface area contributed by atoms with Crippen LogP contribution in [0.1, 0.15) is 52.6 Å². The van der Waals surface area contributed by atoms with Crippen LogP contribution in [0.4, 0.5) is 16.2 Å². The first kappa shape index (κ1) is 22.2. The Morgan fingerprint density at radius 2 is 1.58 bits per heavy atom. The Labute approximate surface area is 180 Å². The number of ketones is 2. The van der Waals surface area contributed by atoms with E-state index in [9.17, 15) is 14.4 Å². The van der Waals surface area contributed by atoms with Crippen molar-refractivity contribution in [2.24, 2.45) is 5.73 Å². The topological polar surface area (TPSA) is 135 Å². The molecule has 0 aliphatic heterocycles. The summed E-state index contributed by atoms with van der Waals surface area (Å²) in [5, 5.41) is 8.91. The van der Waals surface area contributed by atoms with Crippen molar-refractivity contribution in [1.82, 2.24) is 10.3 Å². The molecule has 9 nitrogen and oxygen atoms in total. The Morgan fingerprint density at radius 3 is 2.19 bits per heavy atom. The third-order valence-corrected chi connectivity index (χ3v) is 4.54. The van der Waals surface area contributed by atoms with Gasteiger partial charge in [-0.15, -0.1) is 0 Å². The third-order valence-electron chi connectivity index (χ3n) is 4.54. The largest absolute Gasteiger partial charge is 0.444 e. The molecule has 31 heavy (non-hydrogen) atoms. The first-order valence-electron chi connectivity index (χ1n) is 10.1. The average molecular weight is 425 g/mol. The summed E-state index contributed by atoms with van der Waals surface area (Å²) < 4.78 is 5.20. The minimum Gasteiger partial charge on any atom is -0.444 e. The summed E-state index contributed by atoms with van der Waals surface area (Å²) in [7, 11) is 0. The number of nitrogens with zero attached hydrogens (tertiary/aromatic N) is 1. The molecule has 1 aromatic heterocycles. The van der Waals surface area contributed by atoms with Crippen LogP contribution in [-0.2, 0) is 4.74 Å². The van der Waals surface area contributed by atoms with Crippen LogP contribution < -0.4 is 21.7 Å². The minimum atomic E-state index is -0.586. The maximum Gasteiger partial charge on any atom is 0.407 e. The summed E-state index contributed by atoms with van der Waals surface area (Å²) >= 11 is 0. The van der Waals surface area contributed by atoms with E-state index < -0.39 is 11.7 Å². The summed E-state index contributed by atoms with van der Waals surface area (Å²) in [5.41, 5.74) is 7.24. The molecule has 3 rings (SSSR count). The lowest BCUT2D eigenvalue weighted by Gasteiger charge is -2.24. The smallest absolute Gasteiger partial charge is 0.407 e. The molecule has 9 heteroatoms. The quantitative estimate of drug-likeness (QED) is 0.423. The number of carbonyl (C=O) groups excluding carboxylic acids is 3. The number of anilines is 2. The SMILES string of the molecule is CC(C)(C)OC(=O)NCCNc1ccc(NCCN)c2c1C(=O)c1cnccc1C2=O. The van der Waals surface area contributed by atoms with Gasteiger partial charge in [0.15, 0.2) is 11.6 Å². The number of hydrogen-bond acceptors (Lipinski definition) is 8. The van der Waals surface area contributed by atoms with E-state index in [-0.39, 0.29) is 29.2 Å². The van der Waals surface area contributed by atoms with Crippen molar-refractivity contribution in [3.63, 3.8) is 0 Å². The molecule has 0 spiro atoms.